The Labute approximate surface area is 148 Å². The van der Waals surface area contributed by atoms with Gasteiger partial charge in [0.15, 0.2) is 5.78 Å². The van der Waals surface area contributed by atoms with E-state index in [1.54, 1.807) is 0 Å². The second kappa shape index (κ2) is 6.66. The van der Waals surface area contributed by atoms with E-state index in [4.69, 9.17) is 0 Å². The number of Topliss-reactive ketones (excluding diaryl/α,β-unsaturated/α-hetero) is 1. The van der Waals surface area contributed by atoms with Crippen LogP contribution in [0, 0.1) is 0 Å². The normalized spacial score (nSPS) is 21.7. The molecule has 1 heterocycles. The number of nitrogens with zero attached hydrogens (tertiary/aromatic N) is 1. The standard InChI is InChI=1S/C23H21NO/c1-2-24-21(19-11-7-4-8-12-19)22(24)23(25)20-15-13-18(14-16-20)17-9-5-3-6-10-17/h3-16,21-22H,2H2,1H3/t21?,22-,24?/m0/s1. The number of ketones is 1. The summed E-state index contributed by atoms with van der Waals surface area (Å²) in [6.45, 7) is 3.00. The van der Waals surface area contributed by atoms with Crippen LogP contribution in [0.15, 0.2) is 84.9 Å². The molecular weight excluding hydrogens is 306 g/mol. The molecule has 0 bridgehead atoms. The average molecular weight is 327 g/mol. The van der Waals surface area contributed by atoms with E-state index in [1.807, 2.05) is 60.7 Å². The van der Waals surface area contributed by atoms with Crippen molar-refractivity contribution >= 4 is 5.78 Å². The zero-order valence-electron chi connectivity index (χ0n) is 14.3. The smallest absolute Gasteiger partial charge is 0.181 e. The monoisotopic (exact) mass is 327 g/mol. The van der Waals surface area contributed by atoms with Gasteiger partial charge in [-0.3, -0.25) is 9.69 Å². The van der Waals surface area contributed by atoms with Gasteiger partial charge < -0.3 is 0 Å². The maximum atomic E-state index is 13.0. The third-order valence-corrected chi connectivity index (χ3v) is 4.98. The van der Waals surface area contributed by atoms with Gasteiger partial charge in [-0.2, -0.15) is 0 Å². The first-order chi connectivity index (χ1) is 12.3. The maximum Gasteiger partial charge on any atom is 0.181 e. The molecule has 2 unspecified atom stereocenters. The molecule has 1 saturated heterocycles. The van der Waals surface area contributed by atoms with Crippen molar-refractivity contribution in [2.24, 2.45) is 0 Å². The minimum Gasteiger partial charge on any atom is -0.292 e. The second-order valence-electron chi connectivity index (χ2n) is 6.44. The van der Waals surface area contributed by atoms with Crippen LogP contribution in [-0.4, -0.2) is 23.3 Å². The van der Waals surface area contributed by atoms with Gasteiger partial charge in [-0.1, -0.05) is 91.9 Å². The van der Waals surface area contributed by atoms with Crippen molar-refractivity contribution in [3.63, 3.8) is 0 Å². The summed E-state index contributed by atoms with van der Waals surface area (Å²) in [6, 6.07) is 28.7. The Hall–Kier alpha value is -2.71. The summed E-state index contributed by atoms with van der Waals surface area (Å²) >= 11 is 0. The number of rotatable bonds is 5. The summed E-state index contributed by atoms with van der Waals surface area (Å²) in [5.74, 6) is 0.218. The van der Waals surface area contributed by atoms with Gasteiger partial charge in [-0.05, 0) is 23.2 Å². The summed E-state index contributed by atoms with van der Waals surface area (Å²) in [7, 11) is 0. The molecule has 0 aromatic heterocycles. The Kier molecular flexibility index (Phi) is 4.21. The van der Waals surface area contributed by atoms with Crippen molar-refractivity contribution in [3.8, 4) is 11.1 Å². The Bertz CT molecular complexity index is 856. The van der Waals surface area contributed by atoms with Crippen molar-refractivity contribution in [1.82, 2.24) is 4.90 Å². The summed E-state index contributed by atoms with van der Waals surface area (Å²) in [4.78, 5) is 15.2. The molecule has 3 aromatic rings. The fraction of sp³-hybridized carbons (Fsp3) is 0.174. The van der Waals surface area contributed by atoms with E-state index in [1.165, 1.54) is 11.1 Å². The highest BCUT2D eigenvalue weighted by atomic mass is 16.1. The highest BCUT2D eigenvalue weighted by Gasteiger charge is 2.51. The zero-order chi connectivity index (χ0) is 17.2. The van der Waals surface area contributed by atoms with E-state index in [-0.39, 0.29) is 17.9 Å². The van der Waals surface area contributed by atoms with Gasteiger partial charge in [0.2, 0.25) is 0 Å². The molecule has 3 aromatic carbocycles. The van der Waals surface area contributed by atoms with E-state index < -0.39 is 0 Å². The molecule has 3 atom stereocenters. The van der Waals surface area contributed by atoms with Crippen LogP contribution in [-0.2, 0) is 0 Å². The van der Waals surface area contributed by atoms with Crippen LogP contribution in [0.1, 0.15) is 28.9 Å². The van der Waals surface area contributed by atoms with E-state index in [9.17, 15) is 4.79 Å². The van der Waals surface area contributed by atoms with Gasteiger partial charge in [0.05, 0.1) is 12.1 Å². The first-order valence-electron chi connectivity index (χ1n) is 8.80. The molecule has 124 valence electrons. The SMILES string of the molecule is CCN1C(c2ccccc2)[C@H]1C(=O)c1ccc(-c2ccccc2)cc1. The fourth-order valence-electron chi connectivity index (χ4n) is 3.62. The highest BCUT2D eigenvalue weighted by Crippen LogP contribution is 2.44. The molecule has 1 aliphatic rings. The molecule has 4 rings (SSSR count). The van der Waals surface area contributed by atoms with E-state index in [0.717, 1.165) is 17.7 Å². The molecule has 25 heavy (non-hydrogen) atoms. The van der Waals surface area contributed by atoms with Gasteiger partial charge in [0.1, 0.15) is 0 Å². The average Bonchev–Trinajstić information content (AvgIpc) is 3.43. The number of carbonyl (C=O) groups excluding carboxylic acids is 1. The van der Waals surface area contributed by atoms with Crippen LogP contribution in [0.3, 0.4) is 0 Å². The summed E-state index contributed by atoms with van der Waals surface area (Å²) in [5.41, 5.74) is 4.33. The van der Waals surface area contributed by atoms with Crippen molar-refractivity contribution in [1.29, 1.82) is 0 Å². The summed E-state index contributed by atoms with van der Waals surface area (Å²) in [6.07, 6.45) is 0. The van der Waals surface area contributed by atoms with Gasteiger partial charge in [-0.25, -0.2) is 0 Å². The number of likely N-dealkylation sites (N-methyl/N-ethyl adjacent to an activating group) is 1. The van der Waals surface area contributed by atoms with Crippen molar-refractivity contribution in [3.05, 3.63) is 96.1 Å². The molecule has 1 fully saturated rings. The van der Waals surface area contributed by atoms with Crippen molar-refractivity contribution < 1.29 is 4.79 Å². The van der Waals surface area contributed by atoms with Crippen molar-refractivity contribution in [2.45, 2.75) is 19.0 Å². The molecule has 0 radical (unpaired) electrons. The Morgan fingerprint density at radius 1 is 0.800 bits per heavy atom. The van der Waals surface area contributed by atoms with Gasteiger partial charge in [-0.15, -0.1) is 0 Å². The molecule has 1 aliphatic heterocycles. The Balaban J connectivity index is 1.55. The summed E-state index contributed by atoms with van der Waals surface area (Å²) in [5, 5.41) is 0. The number of carbonyl (C=O) groups is 1. The van der Waals surface area contributed by atoms with Crippen LogP contribution in [0.2, 0.25) is 0 Å². The molecule has 0 aliphatic carbocycles. The van der Waals surface area contributed by atoms with Gasteiger partial charge in [0.25, 0.3) is 0 Å². The molecule has 2 heteroatoms. The minimum atomic E-state index is -0.0324. The Morgan fingerprint density at radius 2 is 1.36 bits per heavy atom. The third-order valence-electron chi connectivity index (χ3n) is 4.98. The molecule has 2 nitrogen and oxygen atoms in total. The molecule has 0 amide bonds. The van der Waals surface area contributed by atoms with Crippen LogP contribution in [0.25, 0.3) is 11.1 Å². The number of hydrogen-bond donors (Lipinski definition) is 0. The van der Waals surface area contributed by atoms with Crippen LogP contribution in [0.4, 0.5) is 0 Å². The number of hydrogen-bond acceptors (Lipinski definition) is 2. The highest BCUT2D eigenvalue weighted by molar-refractivity contribution is 6.03. The third kappa shape index (κ3) is 3.01. The van der Waals surface area contributed by atoms with Crippen LogP contribution >= 0.6 is 0 Å². The van der Waals surface area contributed by atoms with Crippen LogP contribution in [0.5, 0.6) is 0 Å². The summed E-state index contributed by atoms with van der Waals surface area (Å²) < 4.78 is 0. The first-order valence-corrected chi connectivity index (χ1v) is 8.80. The Morgan fingerprint density at radius 3 is 1.96 bits per heavy atom. The minimum absolute atomic E-state index is 0.0324. The van der Waals surface area contributed by atoms with E-state index in [2.05, 4.69) is 36.1 Å². The lowest BCUT2D eigenvalue weighted by atomic mass is 9.99. The lowest BCUT2D eigenvalue weighted by molar-refractivity contribution is 0.0974. The van der Waals surface area contributed by atoms with Crippen LogP contribution < -0.4 is 0 Å². The lowest BCUT2D eigenvalue weighted by Crippen LogP contribution is -2.13. The zero-order valence-corrected chi connectivity index (χ0v) is 14.3. The van der Waals surface area contributed by atoms with Gasteiger partial charge in [0, 0.05) is 5.56 Å². The number of benzene rings is 3. The first kappa shape index (κ1) is 15.8. The lowest BCUT2D eigenvalue weighted by Gasteiger charge is -2.04. The molecular formula is C23H21NO. The molecule has 0 N–H and O–H groups in total. The predicted octanol–water partition coefficient (Wildman–Crippen LogP) is 4.98. The van der Waals surface area contributed by atoms with E-state index in [0.29, 0.717) is 0 Å². The largest absolute Gasteiger partial charge is 0.292 e. The van der Waals surface area contributed by atoms with E-state index >= 15 is 0 Å². The fourth-order valence-corrected chi connectivity index (χ4v) is 3.62. The van der Waals surface area contributed by atoms with Gasteiger partial charge >= 0.3 is 0 Å². The molecule has 0 saturated carbocycles. The predicted molar refractivity (Wildman–Crippen MR) is 102 cm³/mol. The molecule has 0 spiro atoms. The maximum absolute atomic E-state index is 13.0. The topological polar surface area (TPSA) is 20.1 Å². The quantitative estimate of drug-likeness (QED) is 0.486. The second-order valence-corrected chi connectivity index (χ2v) is 6.44. The van der Waals surface area contributed by atoms with Crippen molar-refractivity contribution in [2.75, 3.05) is 6.54 Å².